The Kier molecular flexibility index (Phi) is 2.46. The lowest BCUT2D eigenvalue weighted by Crippen LogP contribution is -2.22. The van der Waals surface area contributed by atoms with Gasteiger partial charge in [-0.2, -0.15) is 0 Å². The zero-order valence-corrected chi connectivity index (χ0v) is 11.0. The highest BCUT2D eigenvalue weighted by Crippen LogP contribution is 2.36. The maximum atomic E-state index is 12.8. The van der Waals surface area contributed by atoms with Gasteiger partial charge in [0, 0.05) is 11.6 Å². The molecule has 98 valence electrons. The van der Waals surface area contributed by atoms with E-state index in [2.05, 4.69) is 4.98 Å². The van der Waals surface area contributed by atoms with E-state index < -0.39 is 0 Å². The second-order valence-electron chi connectivity index (χ2n) is 5.22. The summed E-state index contributed by atoms with van der Waals surface area (Å²) in [7, 11) is 0. The van der Waals surface area contributed by atoms with Gasteiger partial charge in [0.15, 0.2) is 0 Å². The largest absolute Gasteiger partial charge is 0.302 e. The van der Waals surface area contributed by atoms with Crippen LogP contribution in [-0.4, -0.2) is 9.55 Å². The minimum absolute atomic E-state index is 0.0254. The summed E-state index contributed by atoms with van der Waals surface area (Å²) in [5.74, 6) is 0. The Balaban J connectivity index is 2.08. The number of hydrogen-bond acceptors (Lipinski definition) is 2. The minimum Gasteiger partial charge on any atom is -0.302 e. The van der Waals surface area contributed by atoms with Crippen molar-refractivity contribution < 1.29 is 0 Å². The van der Waals surface area contributed by atoms with E-state index in [4.69, 9.17) is 0 Å². The quantitative estimate of drug-likeness (QED) is 0.709. The fourth-order valence-corrected chi connectivity index (χ4v) is 2.63. The summed E-state index contributed by atoms with van der Waals surface area (Å²) in [4.78, 5) is 17.3. The zero-order chi connectivity index (χ0) is 13.5. The SMILES string of the molecule is O=c1c(-c2ccccc2)nc2ccccc2n1C1CC1. The third-order valence-corrected chi connectivity index (χ3v) is 3.75. The van der Waals surface area contributed by atoms with Gasteiger partial charge in [-0.15, -0.1) is 0 Å². The molecule has 0 spiro atoms. The first-order valence-electron chi connectivity index (χ1n) is 6.91. The van der Waals surface area contributed by atoms with Gasteiger partial charge in [0.25, 0.3) is 5.56 Å². The van der Waals surface area contributed by atoms with Crippen molar-refractivity contribution in [1.82, 2.24) is 9.55 Å². The smallest absolute Gasteiger partial charge is 0.277 e. The Labute approximate surface area is 116 Å². The van der Waals surface area contributed by atoms with Crippen LogP contribution in [0.3, 0.4) is 0 Å². The lowest BCUT2D eigenvalue weighted by molar-refractivity contribution is 0.735. The van der Waals surface area contributed by atoms with Crippen molar-refractivity contribution in [2.24, 2.45) is 0 Å². The van der Waals surface area contributed by atoms with Crippen molar-refractivity contribution in [3.63, 3.8) is 0 Å². The lowest BCUT2D eigenvalue weighted by Gasteiger charge is -2.11. The van der Waals surface area contributed by atoms with E-state index in [0.29, 0.717) is 11.7 Å². The summed E-state index contributed by atoms with van der Waals surface area (Å²) >= 11 is 0. The average molecular weight is 262 g/mol. The minimum atomic E-state index is 0.0254. The van der Waals surface area contributed by atoms with Crippen molar-refractivity contribution in [2.45, 2.75) is 18.9 Å². The maximum Gasteiger partial charge on any atom is 0.277 e. The van der Waals surface area contributed by atoms with Crippen molar-refractivity contribution in [3.05, 3.63) is 65.0 Å². The predicted octanol–water partition coefficient (Wildman–Crippen LogP) is 3.40. The van der Waals surface area contributed by atoms with Gasteiger partial charge in [0.05, 0.1) is 11.0 Å². The van der Waals surface area contributed by atoms with E-state index in [0.717, 1.165) is 29.4 Å². The summed E-state index contributed by atoms with van der Waals surface area (Å²) < 4.78 is 1.92. The topological polar surface area (TPSA) is 34.9 Å². The Morgan fingerprint density at radius 3 is 2.40 bits per heavy atom. The van der Waals surface area contributed by atoms with Crippen molar-refractivity contribution in [2.75, 3.05) is 0 Å². The molecule has 3 aromatic rings. The van der Waals surface area contributed by atoms with Gasteiger partial charge in [0.2, 0.25) is 0 Å². The van der Waals surface area contributed by atoms with E-state index in [9.17, 15) is 4.79 Å². The third-order valence-electron chi connectivity index (χ3n) is 3.75. The van der Waals surface area contributed by atoms with E-state index in [-0.39, 0.29) is 5.56 Å². The molecule has 3 heteroatoms. The number of rotatable bonds is 2. The first-order chi connectivity index (χ1) is 9.84. The molecular weight excluding hydrogens is 248 g/mol. The Hall–Kier alpha value is -2.42. The first-order valence-corrected chi connectivity index (χ1v) is 6.91. The van der Waals surface area contributed by atoms with Crippen LogP contribution in [0.5, 0.6) is 0 Å². The van der Waals surface area contributed by atoms with Gasteiger partial charge in [0.1, 0.15) is 5.69 Å². The molecular formula is C17H14N2O. The average Bonchev–Trinajstić information content (AvgIpc) is 3.32. The molecule has 2 aromatic carbocycles. The molecule has 4 rings (SSSR count). The summed E-state index contributed by atoms with van der Waals surface area (Å²) in [6.07, 6.45) is 2.17. The van der Waals surface area contributed by atoms with E-state index >= 15 is 0 Å². The molecule has 1 saturated carbocycles. The Morgan fingerprint density at radius 1 is 0.950 bits per heavy atom. The number of fused-ring (bicyclic) bond motifs is 1. The van der Waals surface area contributed by atoms with Crippen LogP contribution in [0.15, 0.2) is 59.4 Å². The van der Waals surface area contributed by atoms with Crippen LogP contribution >= 0.6 is 0 Å². The fraction of sp³-hybridized carbons (Fsp3) is 0.176. The molecule has 0 bridgehead atoms. The van der Waals surface area contributed by atoms with Crippen LogP contribution in [0.25, 0.3) is 22.3 Å². The number of hydrogen-bond donors (Lipinski definition) is 0. The van der Waals surface area contributed by atoms with Crippen LogP contribution in [0.2, 0.25) is 0 Å². The van der Waals surface area contributed by atoms with Crippen LogP contribution in [0, 0.1) is 0 Å². The molecule has 0 N–H and O–H groups in total. The van der Waals surface area contributed by atoms with Crippen molar-refractivity contribution >= 4 is 11.0 Å². The van der Waals surface area contributed by atoms with E-state index in [1.165, 1.54) is 0 Å². The predicted molar refractivity (Wildman–Crippen MR) is 79.7 cm³/mol. The molecule has 1 fully saturated rings. The van der Waals surface area contributed by atoms with Gasteiger partial charge >= 0.3 is 0 Å². The second kappa shape index (κ2) is 4.30. The highest BCUT2D eigenvalue weighted by molar-refractivity contribution is 5.78. The molecule has 1 aliphatic rings. The molecule has 0 amide bonds. The molecule has 0 saturated heterocycles. The third kappa shape index (κ3) is 1.74. The van der Waals surface area contributed by atoms with Gasteiger partial charge in [-0.25, -0.2) is 4.98 Å². The molecule has 0 aliphatic heterocycles. The highest BCUT2D eigenvalue weighted by atomic mass is 16.1. The fourth-order valence-electron chi connectivity index (χ4n) is 2.63. The summed E-state index contributed by atoms with van der Waals surface area (Å²) in [6, 6.07) is 17.9. The molecule has 1 aliphatic carbocycles. The first kappa shape index (κ1) is 11.4. The molecule has 0 radical (unpaired) electrons. The standard InChI is InChI=1S/C17H14N2O/c20-17-16(12-6-2-1-3-7-12)18-14-8-4-5-9-15(14)19(17)13-10-11-13/h1-9,13H,10-11H2. The summed E-state index contributed by atoms with van der Waals surface area (Å²) in [5.41, 5.74) is 3.30. The summed E-state index contributed by atoms with van der Waals surface area (Å²) in [6.45, 7) is 0. The van der Waals surface area contributed by atoms with Crippen LogP contribution in [0.4, 0.5) is 0 Å². The Bertz CT molecular complexity index is 832. The van der Waals surface area contributed by atoms with E-state index in [1.807, 2.05) is 59.2 Å². The zero-order valence-electron chi connectivity index (χ0n) is 11.0. The van der Waals surface area contributed by atoms with Gasteiger partial charge in [-0.05, 0) is 25.0 Å². The van der Waals surface area contributed by atoms with Crippen molar-refractivity contribution in [3.8, 4) is 11.3 Å². The van der Waals surface area contributed by atoms with Crippen LogP contribution < -0.4 is 5.56 Å². The van der Waals surface area contributed by atoms with Gasteiger partial charge in [-0.3, -0.25) is 4.79 Å². The van der Waals surface area contributed by atoms with Crippen LogP contribution in [-0.2, 0) is 0 Å². The number of para-hydroxylation sites is 2. The molecule has 3 nitrogen and oxygen atoms in total. The number of aromatic nitrogens is 2. The number of nitrogens with zero attached hydrogens (tertiary/aromatic N) is 2. The van der Waals surface area contributed by atoms with Crippen LogP contribution in [0.1, 0.15) is 18.9 Å². The van der Waals surface area contributed by atoms with E-state index in [1.54, 1.807) is 0 Å². The molecule has 20 heavy (non-hydrogen) atoms. The highest BCUT2D eigenvalue weighted by Gasteiger charge is 2.27. The normalized spacial score (nSPS) is 14.6. The maximum absolute atomic E-state index is 12.8. The van der Waals surface area contributed by atoms with Gasteiger partial charge < -0.3 is 4.57 Å². The molecule has 0 atom stereocenters. The monoisotopic (exact) mass is 262 g/mol. The molecule has 1 heterocycles. The number of benzene rings is 2. The van der Waals surface area contributed by atoms with Gasteiger partial charge in [-0.1, -0.05) is 42.5 Å². The Morgan fingerprint density at radius 2 is 1.65 bits per heavy atom. The second-order valence-corrected chi connectivity index (χ2v) is 5.22. The summed E-state index contributed by atoms with van der Waals surface area (Å²) in [5, 5.41) is 0. The van der Waals surface area contributed by atoms with Crippen molar-refractivity contribution in [1.29, 1.82) is 0 Å². The molecule has 1 aromatic heterocycles. The lowest BCUT2D eigenvalue weighted by atomic mass is 10.1. The molecule has 0 unspecified atom stereocenters.